The number of hydrogen-bond acceptors (Lipinski definition) is 4. The molecule has 0 atom stereocenters. The minimum Gasteiger partial charge on any atom is -0.367 e. The Morgan fingerprint density at radius 3 is 3.00 bits per heavy atom. The monoisotopic (exact) mass is 259 g/mol. The van der Waals surface area contributed by atoms with Crippen LogP contribution in [0, 0.1) is 6.92 Å². The first kappa shape index (κ1) is 13.1. The average molecular weight is 259 g/mol. The molecule has 0 fully saturated rings. The Morgan fingerprint density at radius 2 is 2.32 bits per heavy atom. The quantitative estimate of drug-likeness (QED) is 0.820. The summed E-state index contributed by atoms with van der Waals surface area (Å²) in [6, 6.07) is 8.24. The van der Waals surface area contributed by atoms with Crippen LogP contribution in [0.2, 0.25) is 0 Å². The predicted molar refractivity (Wildman–Crippen MR) is 72.3 cm³/mol. The molecule has 0 spiro atoms. The molecule has 6 nitrogen and oxygen atoms in total. The second-order valence-corrected chi connectivity index (χ2v) is 4.39. The van der Waals surface area contributed by atoms with E-state index in [2.05, 4.69) is 40.5 Å². The number of rotatable bonds is 5. The number of nitrogens with one attached hydrogen (secondary N) is 1. The second-order valence-electron chi connectivity index (χ2n) is 4.39. The molecule has 0 radical (unpaired) electrons. The molecule has 19 heavy (non-hydrogen) atoms. The summed E-state index contributed by atoms with van der Waals surface area (Å²) >= 11 is 0. The molecule has 0 aliphatic rings. The third-order valence-corrected chi connectivity index (χ3v) is 2.68. The molecule has 1 heterocycles. The van der Waals surface area contributed by atoms with Crippen LogP contribution in [0.5, 0.6) is 0 Å². The number of aryl methyl sites for hydroxylation is 1. The van der Waals surface area contributed by atoms with E-state index < -0.39 is 0 Å². The van der Waals surface area contributed by atoms with Gasteiger partial charge in [-0.3, -0.25) is 4.79 Å². The molecule has 1 amide bonds. The number of carbonyl (C=O) groups is 1. The Morgan fingerprint density at radius 1 is 1.47 bits per heavy atom. The predicted octanol–water partition coefficient (Wildman–Crippen LogP) is 0.528. The van der Waals surface area contributed by atoms with Gasteiger partial charge in [-0.1, -0.05) is 29.8 Å². The van der Waals surface area contributed by atoms with Gasteiger partial charge in [-0.05, 0) is 18.9 Å². The molecule has 0 bridgehead atoms. The molecule has 2 rings (SSSR count). The molecule has 100 valence electrons. The van der Waals surface area contributed by atoms with Gasteiger partial charge >= 0.3 is 0 Å². The summed E-state index contributed by atoms with van der Waals surface area (Å²) in [6.45, 7) is 2.79. The SMILES string of the molecule is Cc1cccc(CCNC(=O)Cn2cnc(N)n2)c1. The summed E-state index contributed by atoms with van der Waals surface area (Å²) < 4.78 is 1.41. The lowest BCUT2D eigenvalue weighted by atomic mass is 10.1. The maximum atomic E-state index is 11.6. The Bertz CT molecular complexity index is 564. The summed E-state index contributed by atoms with van der Waals surface area (Å²) in [5.41, 5.74) is 7.81. The van der Waals surface area contributed by atoms with Gasteiger partial charge in [0, 0.05) is 6.54 Å². The van der Waals surface area contributed by atoms with Crippen molar-refractivity contribution in [1.82, 2.24) is 20.1 Å². The number of hydrogen-bond donors (Lipinski definition) is 2. The largest absolute Gasteiger partial charge is 0.367 e. The number of nitrogens with two attached hydrogens (primary N) is 1. The van der Waals surface area contributed by atoms with Crippen LogP contribution >= 0.6 is 0 Å². The molecule has 2 aromatic rings. The van der Waals surface area contributed by atoms with Crippen LogP contribution in [0.4, 0.5) is 5.95 Å². The van der Waals surface area contributed by atoms with Crippen LogP contribution in [0.25, 0.3) is 0 Å². The van der Waals surface area contributed by atoms with Gasteiger partial charge in [0.1, 0.15) is 12.9 Å². The number of benzene rings is 1. The van der Waals surface area contributed by atoms with Gasteiger partial charge in [0.05, 0.1) is 0 Å². The fraction of sp³-hybridized carbons (Fsp3) is 0.308. The number of nitrogens with zero attached hydrogens (tertiary/aromatic N) is 3. The molecule has 1 aromatic heterocycles. The van der Waals surface area contributed by atoms with Crippen molar-refractivity contribution in [2.24, 2.45) is 0 Å². The van der Waals surface area contributed by atoms with E-state index in [1.54, 1.807) is 0 Å². The van der Waals surface area contributed by atoms with Crippen molar-refractivity contribution in [2.75, 3.05) is 12.3 Å². The van der Waals surface area contributed by atoms with Crippen molar-refractivity contribution in [1.29, 1.82) is 0 Å². The fourth-order valence-corrected chi connectivity index (χ4v) is 1.80. The topological polar surface area (TPSA) is 85.8 Å². The van der Waals surface area contributed by atoms with Crippen LogP contribution in [0.3, 0.4) is 0 Å². The number of anilines is 1. The summed E-state index contributed by atoms with van der Waals surface area (Å²) in [4.78, 5) is 15.4. The van der Waals surface area contributed by atoms with Crippen LogP contribution in [-0.4, -0.2) is 27.2 Å². The lowest BCUT2D eigenvalue weighted by molar-refractivity contribution is -0.121. The van der Waals surface area contributed by atoms with E-state index >= 15 is 0 Å². The molecule has 0 aliphatic carbocycles. The zero-order chi connectivity index (χ0) is 13.7. The van der Waals surface area contributed by atoms with Crippen molar-refractivity contribution < 1.29 is 4.79 Å². The molecule has 6 heteroatoms. The number of aromatic nitrogens is 3. The second kappa shape index (κ2) is 5.99. The molecular weight excluding hydrogens is 242 g/mol. The summed E-state index contributed by atoms with van der Waals surface area (Å²) in [5.74, 6) is 0.0742. The van der Waals surface area contributed by atoms with E-state index in [0.29, 0.717) is 6.54 Å². The molecular formula is C13H17N5O. The maximum Gasteiger partial charge on any atom is 0.241 e. The molecule has 0 aliphatic heterocycles. The van der Waals surface area contributed by atoms with E-state index in [1.165, 1.54) is 22.1 Å². The first-order chi connectivity index (χ1) is 9.13. The molecule has 0 saturated heterocycles. The van der Waals surface area contributed by atoms with Gasteiger partial charge in [-0.2, -0.15) is 0 Å². The molecule has 1 aromatic carbocycles. The highest BCUT2D eigenvalue weighted by Gasteiger charge is 2.04. The van der Waals surface area contributed by atoms with Crippen molar-refractivity contribution >= 4 is 11.9 Å². The number of amides is 1. The molecule has 0 unspecified atom stereocenters. The Hall–Kier alpha value is -2.37. The van der Waals surface area contributed by atoms with E-state index in [9.17, 15) is 4.79 Å². The maximum absolute atomic E-state index is 11.6. The standard InChI is InChI=1S/C13H17N5O/c1-10-3-2-4-11(7-10)5-6-15-12(19)8-18-9-16-13(14)17-18/h2-4,7,9H,5-6,8H2,1H3,(H2,14,17)(H,15,19). The van der Waals surface area contributed by atoms with Gasteiger partial charge in [0.2, 0.25) is 11.9 Å². The average Bonchev–Trinajstić information content (AvgIpc) is 2.75. The lowest BCUT2D eigenvalue weighted by Gasteiger charge is -2.05. The minimum atomic E-state index is -0.0995. The normalized spacial score (nSPS) is 10.4. The van der Waals surface area contributed by atoms with Gasteiger partial charge < -0.3 is 11.1 Å². The van der Waals surface area contributed by atoms with Crippen LogP contribution in [-0.2, 0) is 17.8 Å². The van der Waals surface area contributed by atoms with Crippen molar-refractivity contribution in [3.05, 3.63) is 41.7 Å². The van der Waals surface area contributed by atoms with Gasteiger partial charge in [-0.25, -0.2) is 9.67 Å². The zero-order valence-electron chi connectivity index (χ0n) is 10.8. The summed E-state index contributed by atoms with van der Waals surface area (Å²) in [5, 5.41) is 6.69. The van der Waals surface area contributed by atoms with Gasteiger partial charge in [0.15, 0.2) is 0 Å². The fourth-order valence-electron chi connectivity index (χ4n) is 1.80. The van der Waals surface area contributed by atoms with E-state index in [1.807, 2.05) is 6.07 Å². The lowest BCUT2D eigenvalue weighted by Crippen LogP contribution is -2.29. The highest BCUT2D eigenvalue weighted by atomic mass is 16.2. The van der Waals surface area contributed by atoms with E-state index in [4.69, 9.17) is 5.73 Å². The number of nitrogen functional groups attached to an aromatic ring is 1. The highest BCUT2D eigenvalue weighted by Crippen LogP contribution is 2.03. The Kier molecular flexibility index (Phi) is 4.12. The number of carbonyl (C=O) groups excluding carboxylic acids is 1. The zero-order valence-corrected chi connectivity index (χ0v) is 10.8. The highest BCUT2D eigenvalue weighted by molar-refractivity contribution is 5.75. The first-order valence-electron chi connectivity index (χ1n) is 6.10. The smallest absolute Gasteiger partial charge is 0.241 e. The van der Waals surface area contributed by atoms with Crippen molar-refractivity contribution in [3.8, 4) is 0 Å². The van der Waals surface area contributed by atoms with E-state index in [0.717, 1.165) is 6.42 Å². The van der Waals surface area contributed by atoms with Crippen LogP contribution in [0.15, 0.2) is 30.6 Å². The third kappa shape index (κ3) is 4.09. The van der Waals surface area contributed by atoms with Crippen molar-refractivity contribution in [3.63, 3.8) is 0 Å². The third-order valence-electron chi connectivity index (χ3n) is 2.68. The van der Waals surface area contributed by atoms with Crippen LogP contribution < -0.4 is 11.1 Å². The van der Waals surface area contributed by atoms with E-state index in [-0.39, 0.29) is 18.4 Å². The van der Waals surface area contributed by atoms with Crippen LogP contribution in [0.1, 0.15) is 11.1 Å². The minimum absolute atomic E-state index is 0.0995. The van der Waals surface area contributed by atoms with Gasteiger partial charge in [0.25, 0.3) is 0 Å². The summed E-state index contributed by atoms with van der Waals surface area (Å²) in [6.07, 6.45) is 2.25. The first-order valence-corrected chi connectivity index (χ1v) is 6.10. The van der Waals surface area contributed by atoms with Crippen molar-refractivity contribution in [2.45, 2.75) is 19.9 Å². The summed E-state index contributed by atoms with van der Waals surface area (Å²) in [7, 11) is 0. The Balaban J connectivity index is 1.75. The molecule has 0 saturated carbocycles. The molecule has 3 N–H and O–H groups in total. The Labute approximate surface area is 111 Å². The van der Waals surface area contributed by atoms with Gasteiger partial charge in [-0.15, -0.1) is 5.10 Å².